The van der Waals surface area contributed by atoms with Crippen molar-refractivity contribution < 1.29 is 9.84 Å². The lowest BCUT2D eigenvalue weighted by Gasteiger charge is -2.26. The molecule has 0 bridgehead atoms. The van der Waals surface area contributed by atoms with Gasteiger partial charge in [-0.15, -0.1) is 0 Å². The van der Waals surface area contributed by atoms with E-state index in [0.717, 1.165) is 16.9 Å². The predicted octanol–water partition coefficient (Wildman–Crippen LogP) is 4.34. The van der Waals surface area contributed by atoms with E-state index >= 15 is 0 Å². The standard InChI is InChI=1S/C17H18O2/c1-19-15-8-9-17(18)16(11-15)14-7-3-6-13(10-14)12-4-2-5-12/h3,6-12,18H,2,4-5H2,1H3. The van der Waals surface area contributed by atoms with Gasteiger partial charge in [0, 0.05) is 5.56 Å². The fourth-order valence-corrected chi connectivity index (χ4v) is 2.58. The van der Waals surface area contributed by atoms with Crippen molar-refractivity contribution >= 4 is 0 Å². The van der Waals surface area contributed by atoms with Crippen molar-refractivity contribution in [3.63, 3.8) is 0 Å². The molecule has 1 saturated carbocycles. The van der Waals surface area contributed by atoms with Crippen LogP contribution < -0.4 is 4.74 Å². The Morgan fingerprint density at radius 1 is 1.11 bits per heavy atom. The van der Waals surface area contributed by atoms with Gasteiger partial charge in [-0.25, -0.2) is 0 Å². The smallest absolute Gasteiger partial charge is 0.123 e. The molecule has 19 heavy (non-hydrogen) atoms. The van der Waals surface area contributed by atoms with Gasteiger partial charge >= 0.3 is 0 Å². The largest absolute Gasteiger partial charge is 0.507 e. The maximum atomic E-state index is 10.0. The van der Waals surface area contributed by atoms with Crippen molar-refractivity contribution in [1.82, 2.24) is 0 Å². The zero-order valence-electron chi connectivity index (χ0n) is 11.1. The van der Waals surface area contributed by atoms with Crippen molar-refractivity contribution in [1.29, 1.82) is 0 Å². The normalized spacial score (nSPS) is 15.0. The Morgan fingerprint density at radius 3 is 2.63 bits per heavy atom. The topological polar surface area (TPSA) is 29.5 Å². The highest BCUT2D eigenvalue weighted by atomic mass is 16.5. The van der Waals surface area contributed by atoms with Crippen LogP contribution in [0.2, 0.25) is 0 Å². The molecule has 2 heteroatoms. The minimum absolute atomic E-state index is 0.298. The van der Waals surface area contributed by atoms with Crippen LogP contribution in [0.4, 0.5) is 0 Å². The molecule has 1 fully saturated rings. The van der Waals surface area contributed by atoms with Crippen LogP contribution in [0.25, 0.3) is 11.1 Å². The lowest BCUT2D eigenvalue weighted by atomic mass is 9.79. The van der Waals surface area contributed by atoms with Gasteiger partial charge in [-0.1, -0.05) is 30.7 Å². The van der Waals surface area contributed by atoms with Gasteiger partial charge in [-0.2, -0.15) is 0 Å². The van der Waals surface area contributed by atoms with Crippen LogP contribution in [0.5, 0.6) is 11.5 Å². The molecular formula is C17H18O2. The average molecular weight is 254 g/mol. The number of hydrogen-bond acceptors (Lipinski definition) is 2. The fourth-order valence-electron chi connectivity index (χ4n) is 2.58. The Morgan fingerprint density at radius 2 is 1.95 bits per heavy atom. The first-order valence-corrected chi connectivity index (χ1v) is 6.75. The van der Waals surface area contributed by atoms with Crippen molar-refractivity contribution in [2.45, 2.75) is 25.2 Å². The number of phenols is 1. The summed E-state index contributed by atoms with van der Waals surface area (Å²) in [5.41, 5.74) is 3.27. The predicted molar refractivity (Wildman–Crippen MR) is 76.7 cm³/mol. The van der Waals surface area contributed by atoms with Gasteiger partial charge in [0.15, 0.2) is 0 Å². The number of ether oxygens (including phenoxy) is 1. The van der Waals surface area contributed by atoms with E-state index in [1.165, 1.54) is 24.8 Å². The van der Waals surface area contributed by atoms with E-state index in [-0.39, 0.29) is 0 Å². The molecule has 2 aromatic rings. The van der Waals surface area contributed by atoms with Gasteiger partial charge < -0.3 is 9.84 Å². The molecule has 0 heterocycles. The summed E-state index contributed by atoms with van der Waals surface area (Å²) in [6.45, 7) is 0. The van der Waals surface area contributed by atoms with Crippen molar-refractivity contribution in [2.24, 2.45) is 0 Å². The van der Waals surface area contributed by atoms with Crippen LogP contribution in [0.3, 0.4) is 0 Å². The highest BCUT2D eigenvalue weighted by Gasteiger charge is 2.19. The molecule has 1 N–H and O–H groups in total. The molecule has 0 saturated heterocycles. The molecule has 2 nitrogen and oxygen atoms in total. The van der Waals surface area contributed by atoms with Crippen LogP contribution in [0.1, 0.15) is 30.7 Å². The number of phenolic OH excluding ortho intramolecular Hbond substituents is 1. The van der Waals surface area contributed by atoms with Gasteiger partial charge in [0.1, 0.15) is 11.5 Å². The van der Waals surface area contributed by atoms with E-state index in [2.05, 4.69) is 18.2 Å². The number of aromatic hydroxyl groups is 1. The summed E-state index contributed by atoms with van der Waals surface area (Å²) in [5.74, 6) is 1.76. The van der Waals surface area contributed by atoms with E-state index in [9.17, 15) is 5.11 Å². The zero-order valence-corrected chi connectivity index (χ0v) is 11.1. The highest BCUT2D eigenvalue weighted by molar-refractivity contribution is 5.72. The maximum Gasteiger partial charge on any atom is 0.123 e. The highest BCUT2D eigenvalue weighted by Crippen LogP contribution is 2.39. The molecule has 3 rings (SSSR count). The molecule has 0 amide bonds. The Hall–Kier alpha value is -1.96. The molecule has 0 aromatic heterocycles. The van der Waals surface area contributed by atoms with E-state index in [4.69, 9.17) is 4.74 Å². The zero-order chi connectivity index (χ0) is 13.2. The maximum absolute atomic E-state index is 10.0. The monoisotopic (exact) mass is 254 g/mol. The third-order valence-corrected chi connectivity index (χ3v) is 3.98. The summed E-state index contributed by atoms with van der Waals surface area (Å²) < 4.78 is 5.23. The van der Waals surface area contributed by atoms with Crippen LogP contribution >= 0.6 is 0 Å². The summed E-state index contributed by atoms with van der Waals surface area (Å²) in [6.07, 6.45) is 3.90. The van der Waals surface area contributed by atoms with E-state index in [1.54, 1.807) is 19.2 Å². The number of hydrogen-bond donors (Lipinski definition) is 1. The van der Waals surface area contributed by atoms with E-state index < -0.39 is 0 Å². The first-order valence-electron chi connectivity index (χ1n) is 6.75. The second-order valence-electron chi connectivity index (χ2n) is 5.14. The molecular weight excluding hydrogens is 236 g/mol. The minimum Gasteiger partial charge on any atom is -0.507 e. The lowest BCUT2D eigenvalue weighted by Crippen LogP contribution is -2.08. The second kappa shape index (κ2) is 4.96. The Labute approximate surface area is 113 Å². The van der Waals surface area contributed by atoms with E-state index in [1.807, 2.05) is 12.1 Å². The summed E-state index contributed by atoms with van der Waals surface area (Å²) in [4.78, 5) is 0. The number of methoxy groups -OCH3 is 1. The summed E-state index contributed by atoms with van der Waals surface area (Å²) in [5, 5.41) is 10.0. The second-order valence-corrected chi connectivity index (χ2v) is 5.14. The van der Waals surface area contributed by atoms with Gasteiger partial charge in [-0.3, -0.25) is 0 Å². The first kappa shape index (κ1) is 12.1. The number of rotatable bonds is 3. The van der Waals surface area contributed by atoms with E-state index in [0.29, 0.717) is 11.7 Å². The van der Waals surface area contributed by atoms with Crippen LogP contribution in [0, 0.1) is 0 Å². The Balaban J connectivity index is 2.01. The van der Waals surface area contributed by atoms with Crippen LogP contribution in [-0.4, -0.2) is 12.2 Å². The molecule has 1 aliphatic carbocycles. The fraction of sp³-hybridized carbons (Fsp3) is 0.294. The van der Waals surface area contributed by atoms with Gasteiger partial charge in [0.05, 0.1) is 7.11 Å². The first-order chi connectivity index (χ1) is 9.28. The summed E-state index contributed by atoms with van der Waals surface area (Å²) in [7, 11) is 1.64. The van der Waals surface area contributed by atoms with Crippen molar-refractivity contribution in [3.8, 4) is 22.6 Å². The van der Waals surface area contributed by atoms with Crippen molar-refractivity contribution in [2.75, 3.05) is 7.11 Å². The van der Waals surface area contributed by atoms with Crippen LogP contribution in [0.15, 0.2) is 42.5 Å². The third-order valence-electron chi connectivity index (χ3n) is 3.98. The summed E-state index contributed by atoms with van der Waals surface area (Å²) in [6, 6.07) is 13.8. The Bertz CT molecular complexity index is 586. The van der Waals surface area contributed by atoms with Gasteiger partial charge in [0.2, 0.25) is 0 Å². The lowest BCUT2D eigenvalue weighted by molar-refractivity contribution is 0.412. The van der Waals surface area contributed by atoms with Gasteiger partial charge in [0.25, 0.3) is 0 Å². The van der Waals surface area contributed by atoms with Gasteiger partial charge in [-0.05, 0) is 48.1 Å². The summed E-state index contributed by atoms with van der Waals surface area (Å²) >= 11 is 0. The molecule has 0 atom stereocenters. The molecule has 0 spiro atoms. The molecule has 0 unspecified atom stereocenters. The quantitative estimate of drug-likeness (QED) is 0.883. The molecule has 0 radical (unpaired) electrons. The number of benzene rings is 2. The third kappa shape index (κ3) is 2.30. The Kier molecular flexibility index (Phi) is 3.16. The molecule has 1 aliphatic rings. The van der Waals surface area contributed by atoms with Crippen molar-refractivity contribution in [3.05, 3.63) is 48.0 Å². The SMILES string of the molecule is COc1ccc(O)c(-c2cccc(C3CCC3)c2)c1. The minimum atomic E-state index is 0.298. The molecule has 2 aromatic carbocycles. The molecule has 98 valence electrons. The average Bonchev–Trinajstić information content (AvgIpc) is 2.38. The van der Waals surface area contributed by atoms with Crippen LogP contribution in [-0.2, 0) is 0 Å². The molecule has 0 aliphatic heterocycles.